The Kier molecular flexibility index (Phi) is 4.20. The number of amides is 1. The molecule has 1 aliphatic carbocycles. The van der Waals surface area contributed by atoms with E-state index in [0.29, 0.717) is 6.04 Å². The molecule has 4 heteroatoms. The molecule has 1 aromatic rings. The molecular weight excluding hydrogens is 316 g/mol. The molecule has 0 bridgehead atoms. The van der Waals surface area contributed by atoms with E-state index in [1.807, 2.05) is 12.3 Å². The maximum atomic E-state index is 12.9. The first-order valence-electron chi connectivity index (χ1n) is 7.87. The van der Waals surface area contributed by atoms with Gasteiger partial charge in [-0.3, -0.25) is 4.79 Å². The van der Waals surface area contributed by atoms with E-state index >= 15 is 0 Å². The van der Waals surface area contributed by atoms with Crippen molar-refractivity contribution in [3.05, 3.63) is 22.4 Å². The summed E-state index contributed by atoms with van der Waals surface area (Å²) in [7, 11) is 0. The van der Waals surface area contributed by atoms with Crippen molar-refractivity contribution >= 4 is 21.8 Å². The first-order chi connectivity index (χ1) is 9.70. The number of piperidine rings is 1. The minimum atomic E-state index is 0.231. The Morgan fingerprint density at radius 1 is 1.30 bits per heavy atom. The molecule has 0 spiro atoms. The summed E-state index contributed by atoms with van der Waals surface area (Å²) in [6, 6.07) is 2.46. The predicted molar refractivity (Wildman–Crippen MR) is 83.8 cm³/mol. The van der Waals surface area contributed by atoms with E-state index in [4.69, 9.17) is 0 Å². The van der Waals surface area contributed by atoms with Crippen LogP contribution in [0.2, 0.25) is 0 Å². The zero-order chi connectivity index (χ0) is 14.1. The van der Waals surface area contributed by atoms with Gasteiger partial charge in [0.25, 0.3) is 5.91 Å². The van der Waals surface area contributed by atoms with Crippen molar-refractivity contribution in [1.29, 1.82) is 0 Å². The highest BCUT2D eigenvalue weighted by molar-refractivity contribution is 9.10. The normalized spacial score (nSPS) is 26.4. The maximum Gasteiger partial charge on any atom is 0.270 e. The topological polar surface area (TPSA) is 25.2 Å². The Bertz CT molecular complexity index is 495. The van der Waals surface area contributed by atoms with Crippen LogP contribution in [-0.2, 0) is 6.54 Å². The number of rotatable bonds is 2. The molecule has 3 nitrogen and oxygen atoms in total. The first-order valence-corrected chi connectivity index (χ1v) is 8.66. The Morgan fingerprint density at radius 2 is 2.05 bits per heavy atom. The smallest absolute Gasteiger partial charge is 0.270 e. The van der Waals surface area contributed by atoms with Crippen molar-refractivity contribution in [2.75, 3.05) is 6.54 Å². The monoisotopic (exact) mass is 338 g/mol. The molecule has 3 rings (SSSR count). The summed E-state index contributed by atoms with van der Waals surface area (Å²) < 4.78 is 3.05. The van der Waals surface area contributed by atoms with Crippen molar-refractivity contribution in [3.8, 4) is 0 Å². The van der Waals surface area contributed by atoms with Crippen LogP contribution in [0.15, 0.2) is 16.7 Å². The van der Waals surface area contributed by atoms with Crippen LogP contribution in [0.4, 0.5) is 0 Å². The minimum Gasteiger partial charge on any atom is -0.343 e. The molecule has 2 aliphatic rings. The Morgan fingerprint density at radius 3 is 2.85 bits per heavy atom. The Balaban J connectivity index is 1.84. The highest BCUT2D eigenvalue weighted by Gasteiger charge is 2.36. The highest BCUT2D eigenvalue weighted by Crippen LogP contribution is 2.36. The molecule has 1 saturated heterocycles. The summed E-state index contributed by atoms with van der Waals surface area (Å²) in [4.78, 5) is 15.1. The van der Waals surface area contributed by atoms with Gasteiger partial charge in [-0.2, -0.15) is 0 Å². The van der Waals surface area contributed by atoms with Crippen molar-refractivity contribution < 1.29 is 4.79 Å². The molecule has 0 aromatic carbocycles. The van der Waals surface area contributed by atoms with Crippen molar-refractivity contribution in [1.82, 2.24) is 9.47 Å². The fourth-order valence-corrected chi connectivity index (χ4v) is 4.40. The molecule has 0 N–H and O–H groups in total. The number of aryl methyl sites for hydroxylation is 1. The second-order valence-electron chi connectivity index (χ2n) is 6.08. The quantitative estimate of drug-likeness (QED) is 0.797. The molecule has 0 unspecified atom stereocenters. The number of nitrogens with zero attached hydrogens (tertiary/aromatic N) is 2. The summed E-state index contributed by atoms with van der Waals surface area (Å²) in [5.41, 5.74) is 0.839. The molecule has 2 atom stereocenters. The van der Waals surface area contributed by atoms with Crippen molar-refractivity contribution in [2.24, 2.45) is 5.92 Å². The SMILES string of the molecule is CCn1cc(Br)cc1C(=O)N1CCC[C@H]2CCCC[C@H]21. The van der Waals surface area contributed by atoms with Gasteiger partial charge in [0, 0.05) is 29.8 Å². The molecule has 1 aliphatic heterocycles. The van der Waals surface area contributed by atoms with Gasteiger partial charge in [0.1, 0.15) is 5.69 Å². The number of carbonyl (C=O) groups is 1. The van der Waals surface area contributed by atoms with Crippen LogP contribution in [0, 0.1) is 5.92 Å². The third-order valence-electron chi connectivity index (χ3n) is 4.93. The number of fused-ring (bicyclic) bond motifs is 1. The van der Waals surface area contributed by atoms with Gasteiger partial charge in [-0.15, -0.1) is 0 Å². The van der Waals surface area contributed by atoms with Gasteiger partial charge in [0.2, 0.25) is 0 Å². The second-order valence-corrected chi connectivity index (χ2v) is 7.00. The van der Waals surface area contributed by atoms with Gasteiger partial charge in [-0.05, 0) is 60.5 Å². The van der Waals surface area contributed by atoms with E-state index in [9.17, 15) is 4.79 Å². The molecule has 110 valence electrons. The van der Waals surface area contributed by atoms with E-state index in [2.05, 4.69) is 32.3 Å². The van der Waals surface area contributed by atoms with Gasteiger partial charge >= 0.3 is 0 Å². The predicted octanol–water partition coefficient (Wildman–Crippen LogP) is 4.07. The second kappa shape index (κ2) is 5.92. The van der Waals surface area contributed by atoms with Crippen molar-refractivity contribution in [3.63, 3.8) is 0 Å². The standard InChI is InChI=1S/C16H23BrN2O/c1-2-18-11-13(17)10-15(18)16(20)19-9-5-7-12-6-3-4-8-14(12)19/h10-12,14H,2-9H2,1H3/t12-,14-/m1/s1. The van der Waals surface area contributed by atoms with Gasteiger partial charge < -0.3 is 9.47 Å². The third-order valence-corrected chi connectivity index (χ3v) is 5.36. The van der Waals surface area contributed by atoms with E-state index in [1.165, 1.54) is 38.5 Å². The molecule has 1 saturated carbocycles. The summed E-state index contributed by atoms with van der Waals surface area (Å²) in [5.74, 6) is 0.976. The van der Waals surface area contributed by atoms with E-state index in [-0.39, 0.29) is 5.91 Å². The molecule has 0 radical (unpaired) electrons. The highest BCUT2D eigenvalue weighted by atomic mass is 79.9. The maximum absolute atomic E-state index is 12.9. The fraction of sp³-hybridized carbons (Fsp3) is 0.688. The molecule has 2 heterocycles. The molecule has 1 aromatic heterocycles. The van der Waals surface area contributed by atoms with Crippen LogP contribution in [0.3, 0.4) is 0 Å². The summed E-state index contributed by atoms with van der Waals surface area (Å²) in [6.07, 6.45) is 9.63. The summed E-state index contributed by atoms with van der Waals surface area (Å²) in [6.45, 7) is 3.87. The zero-order valence-corrected chi connectivity index (χ0v) is 13.7. The van der Waals surface area contributed by atoms with E-state index in [0.717, 1.165) is 29.2 Å². The van der Waals surface area contributed by atoms with Gasteiger partial charge in [-0.25, -0.2) is 0 Å². The number of halogens is 1. The molecular formula is C16H23BrN2O. The van der Waals surface area contributed by atoms with Crippen LogP contribution in [0.1, 0.15) is 55.9 Å². The lowest BCUT2D eigenvalue weighted by molar-refractivity contribution is 0.0381. The van der Waals surface area contributed by atoms with Gasteiger partial charge in [0.15, 0.2) is 0 Å². The largest absolute Gasteiger partial charge is 0.343 e. The number of hydrogen-bond acceptors (Lipinski definition) is 1. The fourth-order valence-electron chi connectivity index (χ4n) is 3.94. The average molecular weight is 339 g/mol. The van der Waals surface area contributed by atoms with Gasteiger partial charge in [0.05, 0.1) is 0 Å². The first kappa shape index (κ1) is 14.2. The Hall–Kier alpha value is -0.770. The minimum absolute atomic E-state index is 0.231. The van der Waals surface area contributed by atoms with Crippen molar-refractivity contribution in [2.45, 2.75) is 58.0 Å². The Labute approximate surface area is 129 Å². The van der Waals surface area contributed by atoms with Crippen LogP contribution in [-0.4, -0.2) is 28.0 Å². The van der Waals surface area contributed by atoms with Crippen LogP contribution < -0.4 is 0 Å². The summed E-state index contributed by atoms with van der Waals surface area (Å²) in [5, 5.41) is 0. The zero-order valence-electron chi connectivity index (χ0n) is 12.1. The summed E-state index contributed by atoms with van der Waals surface area (Å²) >= 11 is 3.49. The molecule has 20 heavy (non-hydrogen) atoms. The van der Waals surface area contributed by atoms with Crippen LogP contribution in [0.5, 0.6) is 0 Å². The van der Waals surface area contributed by atoms with Gasteiger partial charge in [-0.1, -0.05) is 12.8 Å². The number of carbonyl (C=O) groups excluding carboxylic acids is 1. The molecule has 2 fully saturated rings. The number of likely N-dealkylation sites (tertiary alicyclic amines) is 1. The van der Waals surface area contributed by atoms with E-state index in [1.54, 1.807) is 0 Å². The average Bonchev–Trinajstić information content (AvgIpc) is 2.87. The lowest BCUT2D eigenvalue weighted by Crippen LogP contribution is -2.50. The number of aromatic nitrogens is 1. The third kappa shape index (κ3) is 2.54. The van der Waals surface area contributed by atoms with E-state index < -0.39 is 0 Å². The van der Waals surface area contributed by atoms with Crippen LogP contribution >= 0.6 is 15.9 Å². The lowest BCUT2D eigenvalue weighted by atomic mass is 9.78. The molecule has 1 amide bonds. The number of hydrogen-bond donors (Lipinski definition) is 0. The lowest BCUT2D eigenvalue weighted by Gasteiger charge is -2.44. The van der Waals surface area contributed by atoms with Crippen LogP contribution in [0.25, 0.3) is 0 Å².